The summed E-state index contributed by atoms with van der Waals surface area (Å²) in [5, 5.41) is 0.146. The first-order valence-corrected chi connectivity index (χ1v) is 5.00. The molecule has 0 radical (unpaired) electrons. The zero-order valence-corrected chi connectivity index (χ0v) is 9.35. The standard InChI is InChI=1S/C9H7FN2O2.C2H6/c1-4-2-7-5(3-6(4)10)8(13)12-9(14)11-7;1-2/h2-3H,1H3,(H2,11,12,13,14);1-2H3. The van der Waals surface area contributed by atoms with Crippen molar-refractivity contribution in [2.45, 2.75) is 20.8 Å². The summed E-state index contributed by atoms with van der Waals surface area (Å²) in [7, 11) is 0. The summed E-state index contributed by atoms with van der Waals surface area (Å²) in [6.45, 7) is 5.56. The Morgan fingerprint density at radius 1 is 1.12 bits per heavy atom. The van der Waals surface area contributed by atoms with E-state index in [0.717, 1.165) is 6.07 Å². The van der Waals surface area contributed by atoms with Crippen LogP contribution in [0.5, 0.6) is 0 Å². The Morgan fingerprint density at radius 2 is 1.75 bits per heavy atom. The monoisotopic (exact) mass is 224 g/mol. The van der Waals surface area contributed by atoms with E-state index in [1.807, 2.05) is 18.8 Å². The first kappa shape index (κ1) is 12.2. The lowest BCUT2D eigenvalue weighted by Gasteiger charge is -1.99. The highest BCUT2D eigenvalue weighted by Gasteiger charge is 2.04. The number of hydrogen-bond donors (Lipinski definition) is 2. The van der Waals surface area contributed by atoms with Gasteiger partial charge in [0.15, 0.2) is 0 Å². The predicted molar refractivity (Wildman–Crippen MR) is 61.2 cm³/mol. The number of aromatic nitrogens is 2. The minimum absolute atomic E-state index is 0.146. The fourth-order valence-electron chi connectivity index (χ4n) is 1.30. The SMILES string of the molecule is CC.Cc1cc2[nH]c(=O)[nH]c(=O)c2cc1F. The zero-order chi connectivity index (χ0) is 12.3. The summed E-state index contributed by atoms with van der Waals surface area (Å²) in [4.78, 5) is 26.6. The lowest BCUT2D eigenvalue weighted by atomic mass is 10.1. The molecular formula is C11H13FN2O2. The van der Waals surface area contributed by atoms with Crippen LogP contribution in [0.4, 0.5) is 4.39 Å². The van der Waals surface area contributed by atoms with E-state index in [2.05, 4.69) is 4.98 Å². The van der Waals surface area contributed by atoms with Gasteiger partial charge in [-0.25, -0.2) is 9.18 Å². The maximum Gasteiger partial charge on any atom is 0.326 e. The number of hydrogen-bond acceptors (Lipinski definition) is 2. The molecule has 0 saturated carbocycles. The highest BCUT2D eigenvalue weighted by molar-refractivity contribution is 5.77. The number of benzene rings is 1. The Morgan fingerprint density at radius 3 is 2.38 bits per heavy atom. The summed E-state index contributed by atoms with van der Waals surface area (Å²) in [6, 6.07) is 2.54. The smallest absolute Gasteiger partial charge is 0.307 e. The highest BCUT2D eigenvalue weighted by atomic mass is 19.1. The van der Waals surface area contributed by atoms with Crippen molar-refractivity contribution in [3.05, 3.63) is 44.4 Å². The summed E-state index contributed by atoms with van der Waals surface area (Å²) < 4.78 is 13.1. The Balaban J connectivity index is 0.000000606. The lowest BCUT2D eigenvalue weighted by Crippen LogP contribution is -2.22. The highest BCUT2D eigenvalue weighted by Crippen LogP contribution is 2.12. The normalized spacial score (nSPS) is 9.75. The molecule has 2 rings (SSSR count). The van der Waals surface area contributed by atoms with Crippen molar-refractivity contribution in [1.82, 2.24) is 9.97 Å². The van der Waals surface area contributed by atoms with Crippen molar-refractivity contribution in [2.75, 3.05) is 0 Å². The summed E-state index contributed by atoms with van der Waals surface area (Å²) in [5.74, 6) is -0.463. The molecule has 1 heterocycles. The van der Waals surface area contributed by atoms with Gasteiger partial charge in [-0.05, 0) is 24.6 Å². The van der Waals surface area contributed by atoms with Crippen molar-refractivity contribution in [3.63, 3.8) is 0 Å². The molecule has 0 aliphatic heterocycles. The van der Waals surface area contributed by atoms with Crippen molar-refractivity contribution >= 4 is 10.9 Å². The van der Waals surface area contributed by atoms with E-state index in [4.69, 9.17) is 0 Å². The third kappa shape index (κ3) is 2.18. The number of nitrogens with one attached hydrogen (secondary N) is 2. The summed E-state index contributed by atoms with van der Waals surface area (Å²) in [5.41, 5.74) is -0.437. The molecule has 0 saturated heterocycles. The van der Waals surface area contributed by atoms with Crippen molar-refractivity contribution in [2.24, 2.45) is 0 Å². The number of fused-ring (bicyclic) bond motifs is 1. The Bertz CT molecular complexity index is 613. The molecule has 1 aromatic heterocycles. The number of H-pyrrole nitrogens is 2. The van der Waals surface area contributed by atoms with E-state index < -0.39 is 17.1 Å². The number of halogens is 1. The average molecular weight is 224 g/mol. The van der Waals surface area contributed by atoms with E-state index in [1.165, 1.54) is 6.07 Å². The third-order valence-electron chi connectivity index (χ3n) is 2.02. The van der Waals surface area contributed by atoms with Gasteiger partial charge in [-0.1, -0.05) is 13.8 Å². The Hall–Kier alpha value is -1.91. The van der Waals surface area contributed by atoms with Gasteiger partial charge < -0.3 is 4.98 Å². The van der Waals surface area contributed by atoms with E-state index in [-0.39, 0.29) is 5.39 Å². The van der Waals surface area contributed by atoms with Gasteiger partial charge in [-0.15, -0.1) is 0 Å². The van der Waals surface area contributed by atoms with Crippen molar-refractivity contribution in [3.8, 4) is 0 Å². The second-order valence-electron chi connectivity index (χ2n) is 3.06. The van der Waals surface area contributed by atoms with Gasteiger partial charge in [0, 0.05) is 0 Å². The van der Waals surface area contributed by atoms with Crippen LogP contribution in [0.2, 0.25) is 0 Å². The quantitative estimate of drug-likeness (QED) is 0.715. The van der Waals surface area contributed by atoms with Crippen molar-refractivity contribution in [1.29, 1.82) is 0 Å². The lowest BCUT2D eigenvalue weighted by molar-refractivity contribution is 0.620. The van der Waals surface area contributed by atoms with Crippen LogP contribution in [-0.2, 0) is 0 Å². The minimum Gasteiger partial charge on any atom is -0.307 e. The van der Waals surface area contributed by atoms with Gasteiger partial charge in [-0.3, -0.25) is 9.78 Å². The van der Waals surface area contributed by atoms with Gasteiger partial charge >= 0.3 is 5.69 Å². The zero-order valence-electron chi connectivity index (χ0n) is 9.35. The third-order valence-corrected chi connectivity index (χ3v) is 2.02. The summed E-state index contributed by atoms with van der Waals surface area (Å²) >= 11 is 0. The Labute approximate surface area is 91.1 Å². The number of rotatable bonds is 0. The van der Waals surface area contributed by atoms with Crippen molar-refractivity contribution < 1.29 is 4.39 Å². The average Bonchev–Trinajstić information content (AvgIpc) is 2.24. The molecule has 0 aliphatic rings. The van der Waals surface area contributed by atoms with Crippen LogP contribution in [0.1, 0.15) is 19.4 Å². The second-order valence-corrected chi connectivity index (χ2v) is 3.06. The number of aryl methyl sites for hydroxylation is 1. The van der Waals surface area contributed by atoms with Crippen LogP contribution in [0.15, 0.2) is 21.7 Å². The fraction of sp³-hybridized carbons (Fsp3) is 0.273. The summed E-state index contributed by atoms with van der Waals surface area (Å²) in [6.07, 6.45) is 0. The molecular weight excluding hydrogens is 211 g/mol. The van der Waals surface area contributed by atoms with Crippen LogP contribution in [-0.4, -0.2) is 9.97 Å². The molecule has 2 N–H and O–H groups in total. The van der Waals surface area contributed by atoms with Gasteiger partial charge in [0.05, 0.1) is 10.9 Å². The second kappa shape index (κ2) is 4.74. The van der Waals surface area contributed by atoms with Gasteiger partial charge in [0.1, 0.15) is 5.82 Å². The largest absolute Gasteiger partial charge is 0.326 e. The van der Waals surface area contributed by atoms with Gasteiger partial charge in [0.25, 0.3) is 5.56 Å². The van der Waals surface area contributed by atoms with Crippen LogP contribution in [0.25, 0.3) is 10.9 Å². The predicted octanol–water partition coefficient (Wildman–Crippen LogP) is 1.69. The first-order chi connectivity index (χ1) is 7.58. The molecule has 16 heavy (non-hydrogen) atoms. The van der Waals surface area contributed by atoms with Crippen LogP contribution >= 0.6 is 0 Å². The molecule has 0 amide bonds. The van der Waals surface area contributed by atoms with E-state index in [1.54, 1.807) is 6.92 Å². The molecule has 0 bridgehead atoms. The Kier molecular flexibility index (Phi) is 3.60. The maximum atomic E-state index is 13.1. The fourth-order valence-corrected chi connectivity index (χ4v) is 1.30. The molecule has 0 unspecified atom stereocenters. The molecule has 2 aromatic rings. The van der Waals surface area contributed by atoms with E-state index in [9.17, 15) is 14.0 Å². The molecule has 1 aromatic carbocycles. The van der Waals surface area contributed by atoms with Gasteiger partial charge in [-0.2, -0.15) is 0 Å². The maximum absolute atomic E-state index is 13.1. The molecule has 0 spiro atoms. The first-order valence-electron chi connectivity index (χ1n) is 5.00. The molecule has 86 valence electrons. The minimum atomic E-state index is -0.589. The van der Waals surface area contributed by atoms with Crippen LogP contribution < -0.4 is 11.2 Å². The van der Waals surface area contributed by atoms with E-state index >= 15 is 0 Å². The van der Waals surface area contributed by atoms with Gasteiger partial charge in [0.2, 0.25) is 0 Å². The number of aromatic amines is 2. The molecule has 0 fully saturated rings. The van der Waals surface area contributed by atoms with Crippen LogP contribution in [0, 0.1) is 12.7 Å². The molecule has 0 atom stereocenters. The van der Waals surface area contributed by atoms with Crippen LogP contribution in [0.3, 0.4) is 0 Å². The molecule has 5 heteroatoms. The molecule has 4 nitrogen and oxygen atoms in total. The molecule has 0 aliphatic carbocycles. The van der Waals surface area contributed by atoms with E-state index in [0.29, 0.717) is 11.1 Å². The topological polar surface area (TPSA) is 65.7 Å².